The smallest absolute Gasteiger partial charge is 0.292 e. The summed E-state index contributed by atoms with van der Waals surface area (Å²) < 4.78 is 5.45. The van der Waals surface area contributed by atoms with Gasteiger partial charge in [0.1, 0.15) is 5.52 Å². The van der Waals surface area contributed by atoms with Crippen LogP contribution in [0, 0.1) is 0 Å². The maximum atomic E-state index is 13.1. The standard InChI is InChI=1S/C27H29N3O2/c28-27-29-24-15-14-23(19-25(24)32-27)16-18-30(26(31)20-22-12-5-2-6-13-22)17-8-7-11-21-9-3-1-4-10-21/h1-6,9-10,12-15,19H,7-8,11,16-18,20H2,(H2,28,29). The minimum atomic E-state index is 0.167. The van der Waals surface area contributed by atoms with Gasteiger partial charge in [0.2, 0.25) is 5.91 Å². The van der Waals surface area contributed by atoms with Crippen LogP contribution in [-0.2, 0) is 24.1 Å². The molecule has 0 atom stereocenters. The molecule has 32 heavy (non-hydrogen) atoms. The number of rotatable bonds is 10. The van der Waals surface area contributed by atoms with E-state index in [0.29, 0.717) is 18.5 Å². The maximum absolute atomic E-state index is 13.1. The Labute approximate surface area is 188 Å². The lowest BCUT2D eigenvalue weighted by Gasteiger charge is -2.23. The summed E-state index contributed by atoms with van der Waals surface area (Å²) in [7, 11) is 0. The molecule has 0 saturated heterocycles. The topological polar surface area (TPSA) is 72.4 Å². The first-order valence-electron chi connectivity index (χ1n) is 11.2. The van der Waals surface area contributed by atoms with Crippen LogP contribution in [-0.4, -0.2) is 28.9 Å². The van der Waals surface area contributed by atoms with E-state index in [-0.39, 0.29) is 11.9 Å². The van der Waals surface area contributed by atoms with Crippen molar-refractivity contribution in [2.75, 3.05) is 18.8 Å². The number of oxazole rings is 1. The summed E-state index contributed by atoms with van der Waals surface area (Å²) in [6.45, 7) is 1.43. The molecule has 0 saturated carbocycles. The lowest BCUT2D eigenvalue weighted by Crippen LogP contribution is -2.35. The Balaban J connectivity index is 1.37. The van der Waals surface area contributed by atoms with Gasteiger partial charge in [-0.05, 0) is 54.5 Å². The first-order valence-corrected chi connectivity index (χ1v) is 11.2. The fourth-order valence-electron chi connectivity index (χ4n) is 3.93. The van der Waals surface area contributed by atoms with Crippen LogP contribution in [0.25, 0.3) is 11.1 Å². The van der Waals surface area contributed by atoms with Gasteiger partial charge in [-0.1, -0.05) is 66.7 Å². The van der Waals surface area contributed by atoms with Crippen LogP contribution in [0.15, 0.2) is 83.3 Å². The van der Waals surface area contributed by atoms with Crippen LogP contribution in [0.5, 0.6) is 0 Å². The molecule has 164 valence electrons. The fourth-order valence-corrected chi connectivity index (χ4v) is 3.93. The molecule has 4 rings (SSSR count). The second-order valence-electron chi connectivity index (χ2n) is 8.09. The predicted octanol–water partition coefficient (Wildman–Crippen LogP) is 5.05. The van der Waals surface area contributed by atoms with Crippen LogP contribution >= 0.6 is 0 Å². The monoisotopic (exact) mass is 427 g/mol. The summed E-state index contributed by atoms with van der Waals surface area (Å²) in [5, 5.41) is 0. The van der Waals surface area contributed by atoms with Gasteiger partial charge in [0, 0.05) is 13.1 Å². The van der Waals surface area contributed by atoms with Crippen molar-refractivity contribution >= 4 is 23.0 Å². The van der Waals surface area contributed by atoms with Crippen LogP contribution < -0.4 is 5.73 Å². The van der Waals surface area contributed by atoms with E-state index in [0.717, 1.165) is 48.9 Å². The number of nitrogens with zero attached hydrogens (tertiary/aromatic N) is 2. The molecule has 0 bridgehead atoms. The molecule has 5 heteroatoms. The van der Waals surface area contributed by atoms with Crippen LogP contribution in [0.3, 0.4) is 0 Å². The summed E-state index contributed by atoms with van der Waals surface area (Å²) in [6, 6.07) is 26.5. The van der Waals surface area contributed by atoms with Gasteiger partial charge in [-0.3, -0.25) is 4.79 Å². The number of carbonyl (C=O) groups is 1. The number of aromatic nitrogens is 1. The third-order valence-electron chi connectivity index (χ3n) is 5.68. The van der Waals surface area contributed by atoms with E-state index < -0.39 is 0 Å². The molecule has 0 aliphatic carbocycles. The minimum Gasteiger partial charge on any atom is -0.424 e. The summed E-state index contributed by atoms with van der Waals surface area (Å²) >= 11 is 0. The number of anilines is 1. The van der Waals surface area contributed by atoms with Crippen molar-refractivity contribution in [3.8, 4) is 0 Å². The van der Waals surface area contributed by atoms with Crippen molar-refractivity contribution < 1.29 is 9.21 Å². The molecule has 5 nitrogen and oxygen atoms in total. The molecule has 0 unspecified atom stereocenters. The average Bonchev–Trinajstić information content (AvgIpc) is 3.19. The van der Waals surface area contributed by atoms with E-state index in [2.05, 4.69) is 29.2 Å². The third kappa shape index (κ3) is 5.97. The summed E-state index contributed by atoms with van der Waals surface area (Å²) in [6.07, 6.45) is 4.26. The highest BCUT2D eigenvalue weighted by atomic mass is 16.4. The Morgan fingerprint density at radius 3 is 2.28 bits per heavy atom. The molecule has 1 amide bonds. The van der Waals surface area contributed by atoms with Gasteiger partial charge in [0.15, 0.2) is 5.58 Å². The molecule has 2 N–H and O–H groups in total. The van der Waals surface area contributed by atoms with Crippen LogP contribution in [0.2, 0.25) is 0 Å². The molecular weight excluding hydrogens is 398 g/mol. The number of benzene rings is 3. The van der Waals surface area contributed by atoms with E-state index in [1.807, 2.05) is 59.5 Å². The highest BCUT2D eigenvalue weighted by molar-refractivity contribution is 5.79. The third-order valence-corrected chi connectivity index (χ3v) is 5.68. The number of unbranched alkanes of at least 4 members (excludes halogenated alkanes) is 1. The number of hydrogen-bond acceptors (Lipinski definition) is 4. The van der Waals surface area contributed by atoms with Crippen LogP contribution in [0.4, 0.5) is 6.01 Å². The molecule has 3 aromatic carbocycles. The van der Waals surface area contributed by atoms with Crippen LogP contribution in [0.1, 0.15) is 29.5 Å². The van der Waals surface area contributed by atoms with Crippen molar-refractivity contribution in [3.05, 3.63) is 95.6 Å². The van der Waals surface area contributed by atoms with Gasteiger partial charge in [0.05, 0.1) is 6.42 Å². The van der Waals surface area contributed by atoms with E-state index in [9.17, 15) is 4.79 Å². The SMILES string of the molecule is Nc1nc2ccc(CCN(CCCCc3ccccc3)C(=O)Cc3ccccc3)cc2o1. The zero-order chi connectivity index (χ0) is 22.2. The van der Waals surface area contributed by atoms with E-state index in [4.69, 9.17) is 10.2 Å². The molecule has 0 aliphatic heterocycles. The number of nitrogens with two attached hydrogens (primary N) is 1. The van der Waals surface area contributed by atoms with Crippen molar-refractivity contribution in [2.24, 2.45) is 0 Å². The highest BCUT2D eigenvalue weighted by Crippen LogP contribution is 2.19. The van der Waals surface area contributed by atoms with E-state index in [1.165, 1.54) is 5.56 Å². The average molecular weight is 428 g/mol. The Bertz CT molecular complexity index is 1140. The van der Waals surface area contributed by atoms with Gasteiger partial charge in [0.25, 0.3) is 6.01 Å². The highest BCUT2D eigenvalue weighted by Gasteiger charge is 2.14. The first kappa shape index (κ1) is 21.6. The minimum absolute atomic E-state index is 0.167. The molecule has 0 radical (unpaired) electrons. The van der Waals surface area contributed by atoms with Crippen molar-refractivity contribution in [2.45, 2.75) is 32.1 Å². The van der Waals surface area contributed by atoms with Crippen molar-refractivity contribution in [3.63, 3.8) is 0 Å². The van der Waals surface area contributed by atoms with E-state index in [1.54, 1.807) is 0 Å². The first-order chi connectivity index (χ1) is 15.7. The number of amides is 1. The quantitative estimate of drug-likeness (QED) is 0.360. The van der Waals surface area contributed by atoms with Gasteiger partial charge in [-0.2, -0.15) is 4.98 Å². The number of aryl methyl sites for hydroxylation is 1. The Morgan fingerprint density at radius 2 is 1.53 bits per heavy atom. The fraction of sp³-hybridized carbons (Fsp3) is 0.259. The predicted molar refractivity (Wildman–Crippen MR) is 128 cm³/mol. The molecular formula is C27H29N3O2. The lowest BCUT2D eigenvalue weighted by molar-refractivity contribution is -0.130. The Hall–Kier alpha value is -3.60. The molecule has 0 aliphatic rings. The number of carbonyl (C=O) groups excluding carboxylic acids is 1. The van der Waals surface area contributed by atoms with Crippen molar-refractivity contribution in [1.82, 2.24) is 9.88 Å². The second-order valence-corrected chi connectivity index (χ2v) is 8.09. The Kier molecular flexibility index (Phi) is 7.18. The lowest BCUT2D eigenvalue weighted by atomic mass is 10.1. The maximum Gasteiger partial charge on any atom is 0.292 e. The van der Waals surface area contributed by atoms with Gasteiger partial charge >= 0.3 is 0 Å². The van der Waals surface area contributed by atoms with Crippen molar-refractivity contribution in [1.29, 1.82) is 0 Å². The summed E-state index contributed by atoms with van der Waals surface area (Å²) in [5.74, 6) is 0.167. The summed E-state index contributed by atoms with van der Waals surface area (Å²) in [4.78, 5) is 19.2. The molecule has 4 aromatic rings. The normalized spacial score (nSPS) is 11.0. The molecule has 0 fully saturated rings. The second kappa shape index (κ2) is 10.6. The largest absolute Gasteiger partial charge is 0.424 e. The van der Waals surface area contributed by atoms with E-state index >= 15 is 0 Å². The van der Waals surface area contributed by atoms with Gasteiger partial charge in [-0.25, -0.2) is 0 Å². The van der Waals surface area contributed by atoms with Gasteiger partial charge < -0.3 is 15.1 Å². The molecule has 1 aromatic heterocycles. The Morgan fingerprint density at radius 1 is 0.812 bits per heavy atom. The zero-order valence-electron chi connectivity index (χ0n) is 18.2. The number of nitrogen functional groups attached to an aromatic ring is 1. The zero-order valence-corrected chi connectivity index (χ0v) is 18.2. The number of hydrogen-bond donors (Lipinski definition) is 1. The molecule has 1 heterocycles. The van der Waals surface area contributed by atoms with Gasteiger partial charge in [-0.15, -0.1) is 0 Å². The number of fused-ring (bicyclic) bond motifs is 1. The molecule has 0 spiro atoms. The summed E-state index contributed by atoms with van der Waals surface area (Å²) in [5.41, 5.74) is 10.6.